The first-order valence-corrected chi connectivity index (χ1v) is 6.01. The lowest BCUT2D eigenvalue weighted by Crippen LogP contribution is -2.26. The average Bonchev–Trinajstić information content (AvgIpc) is 2.28. The van der Waals surface area contributed by atoms with Gasteiger partial charge in [0, 0.05) is 10.0 Å². The number of aromatic hydroxyl groups is 2. The van der Waals surface area contributed by atoms with E-state index in [1.807, 2.05) is 0 Å². The maximum Gasteiger partial charge on any atom is 0.194 e. The van der Waals surface area contributed by atoms with E-state index in [1.165, 1.54) is 6.07 Å². The van der Waals surface area contributed by atoms with Gasteiger partial charge in [0.25, 0.3) is 0 Å². The van der Waals surface area contributed by atoms with Gasteiger partial charge in [-0.15, -0.1) is 0 Å². The van der Waals surface area contributed by atoms with E-state index in [1.54, 1.807) is 0 Å². The minimum absolute atomic E-state index is 0.155. The van der Waals surface area contributed by atoms with Crippen molar-refractivity contribution in [1.82, 2.24) is 5.32 Å². The van der Waals surface area contributed by atoms with Crippen LogP contribution in [0.15, 0.2) is 10.5 Å². The molecule has 0 saturated carbocycles. The van der Waals surface area contributed by atoms with Crippen LogP contribution in [0.5, 0.6) is 11.5 Å². The zero-order valence-corrected chi connectivity index (χ0v) is 10.2. The van der Waals surface area contributed by atoms with Crippen LogP contribution in [0.2, 0.25) is 0 Å². The van der Waals surface area contributed by atoms with Crippen molar-refractivity contribution in [2.45, 2.75) is 18.8 Å². The molecule has 0 unspecified atom stereocenters. The van der Waals surface area contributed by atoms with Crippen molar-refractivity contribution in [3.63, 3.8) is 0 Å². The molecule has 2 rings (SSSR count). The first-order chi connectivity index (χ1) is 7.61. The Kier molecular flexibility index (Phi) is 3.35. The highest BCUT2D eigenvalue weighted by molar-refractivity contribution is 9.10. The van der Waals surface area contributed by atoms with Gasteiger partial charge in [-0.25, -0.2) is 4.39 Å². The molecular weight excluding hydrogens is 277 g/mol. The summed E-state index contributed by atoms with van der Waals surface area (Å²) in [5, 5.41) is 22.4. The largest absolute Gasteiger partial charge is 0.504 e. The summed E-state index contributed by atoms with van der Waals surface area (Å²) in [6.45, 7) is 1.74. The van der Waals surface area contributed by atoms with Crippen molar-refractivity contribution in [3.05, 3.63) is 21.9 Å². The summed E-state index contributed by atoms with van der Waals surface area (Å²) in [6, 6.07) is 1.20. The van der Waals surface area contributed by atoms with Crippen LogP contribution in [0, 0.1) is 5.82 Å². The van der Waals surface area contributed by atoms with Crippen LogP contribution in [0.1, 0.15) is 24.3 Å². The molecule has 1 aliphatic heterocycles. The maximum absolute atomic E-state index is 13.1. The zero-order valence-electron chi connectivity index (χ0n) is 8.63. The van der Waals surface area contributed by atoms with E-state index in [0.717, 1.165) is 25.9 Å². The van der Waals surface area contributed by atoms with Crippen LogP contribution in [0.3, 0.4) is 0 Å². The summed E-state index contributed by atoms with van der Waals surface area (Å²) in [5.41, 5.74) is 0.611. The van der Waals surface area contributed by atoms with Crippen molar-refractivity contribution >= 4 is 15.9 Å². The standard InChI is InChI=1S/C11H13BrFNO2/c12-7-5-8(13)10(15)11(16)9(7)6-1-3-14-4-2-6/h5-6,14-16H,1-4H2. The summed E-state index contributed by atoms with van der Waals surface area (Å²) >= 11 is 3.24. The molecule has 0 amide bonds. The fourth-order valence-corrected chi connectivity index (χ4v) is 2.82. The Balaban J connectivity index is 2.42. The highest BCUT2D eigenvalue weighted by atomic mass is 79.9. The molecule has 0 aliphatic carbocycles. The number of halogens is 2. The molecule has 0 spiro atoms. The summed E-state index contributed by atoms with van der Waals surface area (Å²) in [5.74, 6) is -1.64. The first kappa shape index (κ1) is 11.7. The van der Waals surface area contributed by atoms with Crippen molar-refractivity contribution in [1.29, 1.82) is 0 Å². The minimum Gasteiger partial charge on any atom is -0.504 e. The lowest BCUT2D eigenvalue weighted by atomic mass is 9.89. The molecule has 0 aromatic heterocycles. The number of phenols is 2. The second kappa shape index (κ2) is 4.59. The second-order valence-electron chi connectivity index (χ2n) is 3.98. The van der Waals surface area contributed by atoms with Gasteiger partial charge in [-0.2, -0.15) is 0 Å². The van der Waals surface area contributed by atoms with Gasteiger partial charge in [0.2, 0.25) is 0 Å². The van der Waals surface area contributed by atoms with E-state index in [4.69, 9.17) is 0 Å². The number of rotatable bonds is 1. The Morgan fingerprint density at radius 1 is 1.25 bits per heavy atom. The van der Waals surface area contributed by atoms with Crippen LogP contribution in [-0.4, -0.2) is 23.3 Å². The predicted octanol–water partition coefficient (Wildman–Crippen LogP) is 2.47. The highest BCUT2D eigenvalue weighted by Crippen LogP contribution is 2.43. The van der Waals surface area contributed by atoms with E-state index in [2.05, 4.69) is 21.2 Å². The van der Waals surface area contributed by atoms with E-state index in [0.29, 0.717) is 10.0 Å². The van der Waals surface area contributed by atoms with Crippen molar-refractivity contribution in [2.75, 3.05) is 13.1 Å². The van der Waals surface area contributed by atoms with Crippen molar-refractivity contribution < 1.29 is 14.6 Å². The molecule has 88 valence electrons. The molecule has 3 nitrogen and oxygen atoms in total. The van der Waals surface area contributed by atoms with E-state index >= 15 is 0 Å². The summed E-state index contributed by atoms with van der Waals surface area (Å²) < 4.78 is 13.7. The summed E-state index contributed by atoms with van der Waals surface area (Å²) in [4.78, 5) is 0. The third kappa shape index (κ3) is 2.01. The fraction of sp³-hybridized carbons (Fsp3) is 0.455. The normalized spacial score (nSPS) is 17.6. The number of benzene rings is 1. The van der Waals surface area contributed by atoms with Gasteiger partial charge in [-0.3, -0.25) is 0 Å². The van der Waals surface area contributed by atoms with Crippen LogP contribution in [-0.2, 0) is 0 Å². The second-order valence-corrected chi connectivity index (χ2v) is 4.83. The number of nitrogens with one attached hydrogen (secondary N) is 1. The molecule has 1 aromatic rings. The Morgan fingerprint density at radius 2 is 1.88 bits per heavy atom. The molecule has 1 aliphatic rings. The minimum atomic E-state index is -0.804. The molecule has 0 atom stereocenters. The quantitative estimate of drug-likeness (QED) is 0.696. The van der Waals surface area contributed by atoms with Crippen LogP contribution < -0.4 is 5.32 Å². The molecule has 5 heteroatoms. The average molecular weight is 290 g/mol. The summed E-state index contributed by atoms with van der Waals surface area (Å²) in [7, 11) is 0. The lowest BCUT2D eigenvalue weighted by Gasteiger charge is -2.25. The molecule has 1 saturated heterocycles. The molecule has 3 N–H and O–H groups in total. The Morgan fingerprint density at radius 3 is 2.50 bits per heavy atom. The topological polar surface area (TPSA) is 52.5 Å². The molecule has 1 fully saturated rings. The molecule has 0 bridgehead atoms. The number of phenolic OH excluding ortho intramolecular Hbond substituents is 2. The Hall–Kier alpha value is -0.810. The van der Waals surface area contributed by atoms with Gasteiger partial charge < -0.3 is 15.5 Å². The van der Waals surface area contributed by atoms with E-state index in [9.17, 15) is 14.6 Å². The molecule has 16 heavy (non-hydrogen) atoms. The highest BCUT2D eigenvalue weighted by Gasteiger charge is 2.24. The Labute approximate surface area is 101 Å². The summed E-state index contributed by atoms with van der Waals surface area (Å²) in [6.07, 6.45) is 1.74. The lowest BCUT2D eigenvalue weighted by molar-refractivity contribution is 0.364. The van der Waals surface area contributed by atoms with Gasteiger partial charge in [-0.05, 0) is 37.9 Å². The molecule has 0 radical (unpaired) electrons. The number of piperidine rings is 1. The van der Waals surface area contributed by atoms with Crippen LogP contribution in [0.25, 0.3) is 0 Å². The third-order valence-corrected chi connectivity index (χ3v) is 3.62. The van der Waals surface area contributed by atoms with Crippen molar-refractivity contribution in [2.24, 2.45) is 0 Å². The van der Waals surface area contributed by atoms with Gasteiger partial charge >= 0.3 is 0 Å². The third-order valence-electron chi connectivity index (χ3n) is 2.96. The first-order valence-electron chi connectivity index (χ1n) is 5.21. The molecular formula is C11H13BrFNO2. The zero-order chi connectivity index (χ0) is 11.7. The smallest absolute Gasteiger partial charge is 0.194 e. The van der Waals surface area contributed by atoms with Crippen molar-refractivity contribution in [3.8, 4) is 11.5 Å². The van der Waals surface area contributed by atoms with E-state index < -0.39 is 11.6 Å². The molecule has 1 heterocycles. The number of hydrogen-bond acceptors (Lipinski definition) is 3. The van der Waals surface area contributed by atoms with Gasteiger partial charge in [-0.1, -0.05) is 15.9 Å². The SMILES string of the molecule is Oc1c(F)cc(Br)c(C2CCNCC2)c1O. The van der Waals surface area contributed by atoms with Gasteiger partial charge in [0.1, 0.15) is 0 Å². The monoisotopic (exact) mass is 289 g/mol. The molecule has 1 aromatic carbocycles. The predicted molar refractivity (Wildman–Crippen MR) is 62.3 cm³/mol. The van der Waals surface area contributed by atoms with Crippen LogP contribution >= 0.6 is 15.9 Å². The van der Waals surface area contributed by atoms with Crippen LogP contribution in [0.4, 0.5) is 4.39 Å². The van der Waals surface area contributed by atoms with E-state index in [-0.39, 0.29) is 11.7 Å². The van der Waals surface area contributed by atoms with Gasteiger partial charge in [0.15, 0.2) is 17.3 Å². The maximum atomic E-state index is 13.1. The number of hydrogen-bond donors (Lipinski definition) is 3. The fourth-order valence-electron chi connectivity index (χ4n) is 2.11. The van der Waals surface area contributed by atoms with Gasteiger partial charge in [0.05, 0.1) is 0 Å². The Bertz CT molecular complexity index is 405.